The summed E-state index contributed by atoms with van der Waals surface area (Å²) in [7, 11) is 1.93. The topological polar surface area (TPSA) is 81.8 Å². The van der Waals surface area contributed by atoms with Crippen molar-refractivity contribution >= 4 is 17.8 Å². The van der Waals surface area contributed by atoms with Crippen molar-refractivity contribution in [2.24, 2.45) is 5.92 Å². The van der Waals surface area contributed by atoms with E-state index in [1.807, 2.05) is 7.05 Å². The molecule has 2 N–H and O–H groups in total. The molecule has 0 bridgehead atoms. The quantitative estimate of drug-likeness (QED) is 0.721. The molecule has 0 aliphatic carbocycles. The van der Waals surface area contributed by atoms with E-state index in [0.717, 1.165) is 30.7 Å². The maximum atomic E-state index is 13.2. The number of urea groups is 1. The lowest BCUT2D eigenvalue weighted by molar-refractivity contribution is -0.139. The number of carbonyl (C=O) groups excluding carboxylic acids is 3. The van der Waals surface area contributed by atoms with Gasteiger partial charge in [-0.25, -0.2) is 9.18 Å². The maximum absolute atomic E-state index is 13.2. The average Bonchev–Trinajstić information content (AvgIpc) is 2.91. The predicted molar refractivity (Wildman–Crippen MR) is 102 cm³/mol. The van der Waals surface area contributed by atoms with Crippen molar-refractivity contribution in [1.29, 1.82) is 0 Å². The zero-order valence-electron chi connectivity index (χ0n) is 16.3. The van der Waals surface area contributed by atoms with Crippen molar-refractivity contribution in [1.82, 2.24) is 20.4 Å². The van der Waals surface area contributed by atoms with Crippen LogP contribution in [-0.2, 0) is 15.1 Å². The van der Waals surface area contributed by atoms with Gasteiger partial charge in [0.2, 0.25) is 5.91 Å². The number of hydrogen-bond donors (Lipinski definition) is 2. The molecule has 1 atom stereocenters. The van der Waals surface area contributed by atoms with Gasteiger partial charge >= 0.3 is 6.03 Å². The normalized spacial score (nSPS) is 23.2. The Labute approximate surface area is 164 Å². The molecule has 2 heterocycles. The summed E-state index contributed by atoms with van der Waals surface area (Å²) in [6.07, 6.45) is 2.95. The molecule has 3 rings (SSSR count). The molecular formula is C20H27FN4O3. The van der Waals surface area contributed by atoms with Crippen LogP contribution < -0.4 is 10.6 Å². The lowest BCUT2D eigenvalue weighted by atomic mass is 9.92. The van der Waals surface area contributed by atoms with Crippen molar-refractivity contribution in [3.8, 4) is 0 Å². The lowest BCUT2D eigenvalue weighted by Crippen LogP contribution is -2.46. The minimum atomic E-state index is -1.30. The highest BCUT2D eigenvalue weighted by Crippen LogP contribution is 2.29. The number of amides is 4. The minimum absolute atomic E-state index is 0.223. The number of piperidine rings is 1. The van der Waals surface area contributed by atoms with E-state index in [1.165, 1.54) is 24.3 Å². The standard InChI is InChI=1S/C20H27FN4O3/c1-20(15-3-5-16(21)6-4-15)18(27)25(19(28)23-20)13-17(26)24-11-8-14(9-12-24)7-10-22-2/h3-6,14,22H,7-13H2,1-2H3,(H,23,28). The van der Waals surface area contributed by atoms with Crippen molar-refractivity contribution in [3.63, 3.8) is 0 Å². The largest absolute Gasteiger partial charge is 0.341 e. The Balaban J connectivity index is 1.61. The molecule has 0 spiro atoms. The first-order valence-electron chi connectivity index (χ1n) is 9.67. The molecule has 152 valence electrons. The Hall–Kier alpha value is -2.48. The molecule has 1 unspecified atom stereocenters. The van der Waals surface area contributed by atoms with Gasteiger partial charge in [0.25, 0.3) is 5.91 Å². The van der Waals surface area contributed by atoms with Gasteiger partial charge in [0, 0.05) is 13.1 Å². The molecule has 2 fully saturated rings. The van der Waals surface area contributed by atoms with Crippen LogP contribution in [0.25, 0.3) is 0 Å². The number of nitrogens with one attached hydrogen (secondary N) is 2. The second-order valence-corrected chi connectivity index (χ2v) is 7.67. The predicted octanol–water partition coefficient (Wildman–Crippen LogP) is 1.44. The average molecular weight is 390 g/mol. The molecule has 2 saturated heterocycles. The van der Waals surface area contributed by atoms with Crippen LogP contribution in [0, 0.1) is 11.7 Å². The van der Waals surface area contributed by atoms with Crippen molar-refractivity contribution < 1.29 is 18.8 Å². The number of hydrogen-bond acceptors (Lipinski definition) is 4. The summed E-state index contributed by atoms with van der Waals surface area (Å²) in [5, 5.41) is 5.78. The number of benzene rings is 1. The highest BCUT2D eigenvalue weighted by atomic mass is 19.1. The van der Waals surface area contributed by atoms with Crippen LogP contribution in [0.3, 0.4) is 0 Å². The molecular weight excluding hydrogens is 363 g/mol. The monoisotopic (exact) mass is 390 g/mol. The summed E-state index contributed by atoms with van der Waals surface area (Å²) in [6.45, 7) is 3.54. The van der Waals surface area contributed by atoms with E-state index in [0.29, 0.717) is 24.6 Å². The maximum Gasteiger partial charge on any atom is 0.325 e. The van der Waals surface area contributed by atoms with Gasteiger partial charge in [-0.15, -0.1) is 0 Å². The van der Waals surface area contributed by atoms with E-state index >= 15 is 0 Å². The zero-order chi connectivity index (χ0) is 20.3. The molecule has 0 aromatic heterocycles. The highest BCUT2D eigenvalue weighted by molar-refractivity contribution is 6.09. The third-order valence-electron chi connectivity index (χ3n) is 5.76. The molecule has 0 radical (unpaired) electrons. The van der Waals surface area contributed by atoms with Gasteiger partial charge in [-0.2, -0.15) is 0 Å². The fraction of sp³-hybridized carbons (Fsp3) is 0.550. The van der Waals surface area contributed by atoms with Gasteiger partial charge < -0.3 is 15.5 Å². The van der Waals surface area contributed by atoms with Gasteiger partial charge in [-0.3, -0.25) is 14.5 Å². The third kappa shape index (κ3) is 4.01. The van der Waals surface area contributed by atoms with Gasteiger partial charge in [0.15, 0.2) is 0 Å². The van der Waals surface area contributed by atoms with Gasteiger partial charge in [-0.1, -0.05) is 12.1 Å². The molecule has 1 aromatic rings. The Morgan fingerprint density at radius 1 is 1.25 bits per heavy atom. The number of nitrogens with zero attached hydrogens (tertiary/aromatic N) is 2. The summed E-state index contributed by atoms with van der Waals surface area (Å²) in [6, 6.07) is 4.82. The van der Waals surface area contributed by atoms with E-state index < -0.39 is 23.3 Å². The summed E-state index contributed by atoms with van der Waals surface area (Å²) in [4.78, 5) is 40.6. The first kappa shape index (κ1) is 20.3. The summed E-state index contributed by atoms with van der Waals surface area (Å²) in [5.41, 5.74) is -0.821. The fourth-order valence-electron chi connectivity index (χ4n) is 3.87. The molecule has 2 aliphatic heterocycles. The van der Waals surface area contributed by atoms with Crippen LogP contribution in [0.5, 0.6) is 0 Å². The van der Waals surface area contributed by atoms with E-state index in [9.17, 15) is 18.8 Å². The first-order chi connectivity index (χ1) is 13.3. The van der Waals surface area contributed by atoms with Crippen LogP contribution >= 0.6 is 0 Å². The Kier molecular flexibility index (Phi) is 5.98. The molecule has 8 heteroatoms. The van der Waals surface area contributed by atoms with Gasteiger partial charge in [-0.05, 0) is 63.4 Å². The van der Waals surface area contributed by atoms with Gasteiger partial charge in [0.05, 0.1) is 0 Å². The SMILES string of the molecule is CNCCC1CCN(C(=O)CN2C(=O)NC(C)(c3ccc(F)cc3)C2=O)CC1. The molecule has 0 saturated carbocycles. The van der Waals surface area contributed by atoms with Gasteiger partial charge in [0.1, 0.15) is 17.9 Å². The second kappa shape index (κ2) is 8.26. The van der Waals surface area contributed by atoms with Crippen molar-refractivity contribution in [2.45, 2.75) is 31.7 Å². The smallest absolute Gasteiger partial charge is 0.325 e. The van der Waals surface area contributed by atoms with E-state index in [1.54, 1.807) is 11.8 Å². The van der Waals surface area contributed by atoms with Crippen LogP contribution in [0.15, 0.2) is 24.3 Å². The molecule has 4 amide bonds. The molecule has 28 heavy (non-hydrogen) atoms. The summed E-state index contributed by atoms with van der Waals surface area (Å²) >= 11 is 0. The Bertz CT molecular complexity index is 746. The Morgan fingerprint density at radius 3 is 2.50 bits per heavy atom. The summed E-state index contributed by atoms with van der Waals surface area (Å²) < 4.78 is 13.2. The molecule has 1 aromatic carbocycles. The minimum Gasteiger partial charge on any atom is -0.341 e. The number of halogens is 1. The number of likely N-dealkylation sites (tertiary alicyclic amines) is 1. The van der Waals surface area contributed by atoms with E-state index in [4.69, 9.17) is 0 Å². The number of rotatable bonds is 6. The van der Waals surface area contributed by atoms with Crippen molar-refractivity contribution in [2.75, 3.05) is 33.2 Å². The second-order valence-electron chi connectivity index (χ2n) is 7.67. The van der Waals surface area contributed by atoms with Crippen LogP contribution in [-0.4, -0.2) is 60.9 Å². The highest BCUT2D eigenvalue weighted by Gasteiger charge is 2.49. The van der Waals surface area contributed by atoms with Crippen molar-refractivity contribution in [3.05, 3.63) is 35.6 Å². The van der Waals surface area contributed by atoms with Crippen LogP contribution in [0.2, 0.25) is 0 Å². The zero-order valence-corrected chi connectivity index (χ0v) is 16.3. The first-order valence-corrected chi connectivity index (χ1v) is 9.67. The summed E-state index contributed by atoms with van der Waals surface area (Å²) in [5.74, 6) is -0.551. The third-order valence-corrected chi connectivity index (χ3v) is 5.76. The Morgan fingerprint density at radius 2 is 1.89 bits per heavy atom. The lowest BCUT2D eigenvalue weighted by Gasteiger charge is -2.32. The molecule has 2 aliphatic rings. The van der Waals surface area contributed by atoms with Crippen LogP contribution in [0.4, 0.5) is 9.18 Å². The van der Waals surface area contributed by atoms with E-state index in [2.05, 4.69) is 10.6 Å². The number of imide groups is 1. The van der Waals surface area contributed by atoms with E-state index in [-0.39, 0.29) is 12.5 Å². The fourth-order valence-corrected chi connectivity index (χ4v) is 3.87. The molecule has 7 nitrogen and oxygen atoms in total. The van der Waals surface area contributed by atoms with Crippen LogP contribution in [0.1, 0.15) is 31.7 Å². The number of carbonyl (C=O) groups is 3.